The van der Waals surface area contributed by atoms with E-state index in [1.165, 1.54) is 4.90 Å². The van der Waals surface area contributed by atoms with Crippen LogP contribution >= 0.6 is 0 Å². The largest absolute Gasteiger partial charge is 0.480 e. The summed E-state index contributed by atoms with van der Waals surface area (Å²) in [6.07, 6.45) is -0.761. The highest BCUT2D eigenvalue weighted by Gasteiger charge is 2.39. The van der Waals surface area contributed by atoms with E-state index in [4.69, 9.17) is 5.11 Å². The maximum atomic E-state index is 12.4. The number of aliphatic hydroxyl groups excluding tert-OH is 1. The van der Waals surface area contributed by atoms with Crippen LogP contribution in [0.15, 0.2) is 18.2 Å². The first-order valence-corrected chi connectivity index (χ1v) is 6.08. The van der Waals surface area contributed by atoms with Gasteiger partial charge in [-0.3, -0.25) is 4.79 Å². The third kappa shape index (κ3) is 1.99. The fourth-order valence-corrected chi connectivity index (χ4v) is 2.41. The molecule has 8 nitrogen and oxygen atoms in total. The van der Waals surface area contributed by atoms with E-state index >= 15 is 0 Å². The molecule has 1 aliphatic heterocycles. The maximum Gasteiger partial charge on any atom is 0.326 e. The number of aromatic nitrogens is 3. The number of nitrogens with zero attached hydrogens (tertiary/aromatic N) is 3. The second-order valence-electron chi connectivity index (χ2n) is 4.73. The highest BCUT2D eigenvalue weighted by atomic mass is 16.4. The Morgan fingerprint density at radius 3 is 2.80 bits per heavy atom. The van der Waals surface area contributed by atoms with E-state index in [1.807, 2.05) is 0 Å². The van der Waals surface area contributed by atoms with Gasteiger partial charge in [0.15, 0.2) is 0 Å². The Morgan fingerprint density at radius 1 is 1.30 bits per heavy atom. The summed E-state index contributed by atoms with van der Waals surface area (Å²) >= 11 is 0. The minimum atomic E-state index is -1.11. The van der Waals surface area contributed by atoms with Crippen molar-refractivity contribution in [1.82, 2.24) is 20.3 Å². The molecule has 2 aromatic rings. The standard InChI is InChI=1S/C12H12N4O4/c17-7-4-10(12(19)20)16(5-7)11(18)6-1-2-8-9(3-6)14-15-13-8/h1-3,7,10,17H,4-5H2,(H,19,20)(H,13,14,15)/t7?,10-/m0/s1. The van der Waals surface area contributed by atoms with Crippen LogP contribution in [-0.2, 0) is 4.79 Å². The molecule has 0 spiro atoms. The number of aromatic amines is 1. The number of aliphatic hydroxyl groups is 1. The molecule has 20 heavy (non-hydrogen) atoms. The number of benzene rings is 1. The molecule has 1 amide bonds. The van der Waals surface area contributed by atoms with Crippen LogP contribution in [-0.4, -0.2) is 61.1 Å². The van der Waals surface area contributed by atoms with E-state index < -0.39 is 24.0 Å². The van der Waals surface area contributed by atoms with Gasteiger partial charge in [-0.25, -0.2) is 4.79 Å². The molecule has 3 N–H and O–H groups in total. The fourth-order valence-electron chi connectivity index (χ4n) is 2.41. The van der Waals surface area contributed by atoms with E-state index in [-0.39, 0.29) is 13.0 Å². The van der Waals surface area contributed by atoms with Crippen LogP contribution in [0.2, 0.25) is 0 Å². The first kappa shape index (κ1) is 12.5. The molecule has 8 heteroatoms. The summed E-state index contributed by atoms with van der Waals surface area (Å²) in [7, 11) is 0. The average Bonchev–Trinajstić information content (AvgIpc) is 3.02. The number of carbonyl (C=O) groups excluding carboxylic acids is 1. The SMILES string of the molecule is O=C(O)[C@@H]1CC(O)CN1C(=O)c1ccc2n[nH]nc2c1. The molecule has 2 heterocycles. The number of carboxylic acid groups (broad SMARTS) is 1. The van der Waals surface area contributed by atoms with Crippen molar-refractivity contribution < 1.29 is 19.8 Å². The summed E-state index contributed by atoms with van der Waals surface area (Å²) in [4.78, 5) is 24.7. The number of carboxylic acids is 1. The zero-order chi connectivity index (χ0) is 14.3. The predicted octanol–water partition coefficient (Wildman–Crippen LogP) is -0.382. The summed E-state index contributed by atoms with van der Waals surface area (Å²) in [5, 5.41) is 28.9. The molecule has 0 radical (unpaired) electrons. The lowest BCUT2D eigenvalue weighted by atomic mass is 10.1. The van der Waals surface area contributed by atoms with Gasteiger partial charge in [0.1, 0.15) is 17.1 Å². The highest BCUT2D eigenvalue weighted by molar-refractivity contribution is 5.99. The summed E-state index contributed by atoms with van der Waals surface area (Å²) in [6, 6.07) is 3.75. The van der Waals surface area contributed by atoms with Gasteiger partial charge in [-0.2, -0.15) is 15.4 Å². The number of aliphatic carboxylic acids is 1. The van der Waals surface area contributed by atoms with E-state index in [9.17, 15) is 14.7 Å². The number of amides is 1. The molecule has 1 aromatic carbocycles. The summed E-state index contributed by atoms with van der Waals surface area (Å²) in [5.41, 5.74) is 1.48. The Kier molecular flexibility index (Phi) is 2.87. The van der Waals surface area contributed by atoms with E-state index in [0.29, 0.717) is 16.6 Å². The van der Waals surface area contributed by atoms with Crippen LogP contribution in [0.25, 0.3) is 11.0 Å². The second kappa shape index (κ2) is 4.57. The van der Waals surface area contributed by atoms with Gasteiger partial charge in [0.2, 0.25) is 0 Å². The second-order valence-corrected chi connectivity index (χ2v) is 4.73. The molecular formula is C12H12N4O4. The van der Waals surface area contributed by atoms with Crippen molar-refractivity contribution in [2.45, 2.75) is 18.6 Å². The lowest BCUT2D eigenvalue weighted by Crippen LogP contribution is -2.40. The van der Waals surface area contributed by atoms with Crippen LogP contribution in [0.5, 0.6) is 0 Å². The summed E-state index contributed by atoms with van der Waals surface area (Å²) < 4.78 is 0. The summed E-state index contributed by atoms with van der Waals surface area (Å²) in [6.45, 7) is 0.0205. The molecule has 3 rings (SSSR count). The lowest BCUT2D eigenvalue weighted by Gasteiger charge is -2.21. The predicted molar refractivity (Wildman–Crippen MR) is 67.0 cm³/mol. The minimum Gasteiger partial charge on any atom is -0.480 e. The third-order valence-electron chi connectivity index (χ3n) is 3.39. The van der Waals surface area contributed by atoms with E-state index in [1.54, 1.807) is 18.2 Å². The van der Waals surface area contributed by atoms with Gasteiger partial charge in [0.25, 0.3) is 5.91 Å². The van der Waals surface area contributed by atoms with Crippen LogP contribution in [0.1, 0.15) is 16.8 Å². The molecule has 2 atom stereocenters. The quantitative estimate of drug-likeness (QED) is 0.687. The molecule has 0 saturated carbocycles. The number of likely N-dealkylation sites (tertiary alicyclic amines) is 1. The van der Waals surface area contributed by atoms with Gasteiger partial charge in [-0.1, -0.05) is 0 Å². The van der Waals surface area contributed by atoms with Crippen molar-refractivity contribution in [2.75, 3.05) is 6.54 Å². The molecule has 1 aliphatic rings. The third-order valence-corrected chi connectivity index (χ3v) is 3.39. The van der Waals surface area contributed by atoms with Gasteiger partial charge in [0, 0.05) is 18.5 Å². The van der Waals surface area contributed by atoms with Gasteiger partial charge in [0.05, 0.1) is 6.10 Å². The minimum absolute atomic E-state index is 0.0205. The molecular weight excluding hydrogens is 264 g/mol. The van der Waals surface area contributed by atoms with Crippen molar-refractivity contribution >= 4 is 22.9 Å². The number of fused-ring (bicyclic) bond motifs is 1. The smallest absolute Gasteiger partial charge is 0.326 e. The van der Waals surface area contributed by atoms with Crippen molar-refractivity contribution in [3.8, 4) is 0 Å². The van der Waals surface area contributed by atoms with Crippen molar-refractivity contribution in [2.24, 2.45) is 0 Å². The van der Waals surface area contributed by atoms with Crippen LogP contribution in [0, 0.1) is 0 Å². The first-order valence-electron chi connectivity index (χ1n) is 6.08. The topological polar surface area (TPSA) is 119 Å². The zero-order valence-corrected chi connectivity index (χ0v) is 10.4. The Hall–Kier alpha value is -2.48. The Bertz CT molecular complexity index is 683. The normalized spacial score (nSPS) is 22.4. The molecule has 1 saturated heterocycles. The lowest BCUT2D eigenvalue weighted by molar-refractivity contribution is -0.141. The van der Waals surface area contributed by atoms with Gasteiger partial charge < -0.3 is 15.1 Å². The molecule has 104 valence electrons. The van der Waals surface area contributed by atoms with Gasteiger partial charge >= 0.3 is 5.97 Å². The summed E-state index contributed by atoms with van der Waals surface area (Å²) in [5.74, 6) is -1.55. The Balaban J connectivity index is 1.92. The zero-order valence-electron chi connectivity index (χ0n) is 10.4. The fraction of sp³-hybridized carbons (Fsp3) is 0.333. The number of carbonyl (C=O) groups is 2. The number of hydrogen-bond donors (Lipinski definition) is 3. The van der Waals surface area contributed by atoms with Crippen LogP contribution in [0.3, 0.4) is 0 Å². The van der Waals surface area contributed by atoms with Crippen molar-refractivity contribution in [3.05, 3.63) is 23.8 Å². The van der Waals surface area contributed by atoms with E-state index in [2.05, 4.69) is 15.4 Å². The van der Waals surface area contributed by atoms with Crippen LogP contribution in [0.4, 0.5) is 0 Å². The van der Waals surface area contributed by atoms with E-state index in [0.717, 1.165) is 0 Å². The number of H-pyrrole nitrogens is 1. The van der Waals surface area contributed by atoms with Gasteiger partial charge in [-0.15, -0.1) is 0 Å². The molecule has 1 aromatic heterocycles. The Morgan fingerprint density at radius 2 is 2.05 bits per heavy atom. The Labute approximate surface area is 113 Å². The molecule has 1 unspecified atom stereocenters. The van der Waals surface area contributed by atoms with Crippen LogP contribution < -0.4 is 0 Å². The highest BCUT2D eigenvalue weighted by Crippen LogP contribution is 2.22. The maximum absolute atomic E-state index is 12.4. The molecule has 1 fully saturated rings. The number of rotatable bonds is 2. The molecule has 0 aliphatic carbocycles. The number of nitrogens with one attached hydrogen (secondary N) is 1. The molecule has 0 bridgehead atoms. The first-order chi connectivity index (χ1) is 9.56. The monoisotopic (exact) mass is 276 g/mol. The average molecular weight is 276 g/mol. The van der Waals surface area contributed by atoms with Gasteiger partial charge in [-0.05, 0) is 18.2 Å². The van der Waals surface area contributed by atoms with Crippen molar-refractivity contribution in [1.29, 1.82) is 0 Å². The van der Waals surface area contributed by atoms with Crippen molar-refractivity contribution in [3.63, 3.8) is 0 Å². The number of hydrogen-bond acceptors (Lipinski definition) is 5. The number of β-amino-alcohol motifs (C(OH)–C–C–N with tert-alkyl or cyclic N) is 1.